The first-order chi connectivity index (χ1) is 12.9. The second-order valence-electron chi connectivity index (χ2n) is 6.78. The van der Waals surface area contributed by atoms with Gasteiger partial charge in [0, 0.05) is 16.8 Å². The lowest BCUT2D eigenvalue weighted by atomic mass is 10.1. The Balaban J connectivity index is 1.75. The van der Waals surface area contributed by atoms with Crippen molar-refractivity contribution in [2.45, 2.75) is 25.4 Å². The Morgan fingerprint density at radius 1 is 1.19 bits per heavy atom. The minimum absolute atomic E-state index is 0.00764. The van der Waals surface area contributed by atoms with Gasteiger partial charge in [-0.25, -0.2) is 8.42 Å². The summed E-state index contributed by atoms with van der Waals surface area (Å²) in [6, 6.07) is 16.3. The van der Waals surface area contributed by atoms with Crippen molar-refractivity contribution >= 4 is 33.0 Å². The number of hydrogen-bond acceptors (Lipinski definition) is 4. The maximum Gasteiger partial charge on any atom is 0.241 e. The van der Waals surface area contributed by atoms with E-state index in [4.69, 9.17) is 11.6 Å². The van der Waals surface area contributed by atoms with Crippen LogP contribution in [0, 0.1) is 0 Å². The molecule has 144 valence electrons. The number of benzene rings is 2. The van der Waals surface area contributed by atoms with E-state index in [1.165, 1.54) is 0 Å². The van der Waals surface area contributed by atoms with Crippen molar-refractivity contribution in [3.05, 3.63) is 65.2 Å². The first-order valence-corrected chi connectivity index (χ1v) is 11.1. The summed E-state index contributed by atoms with van der Waals surface area (Å²) >= 11 is 6.23. The van der Waals surface area contributed by atoms with Crippen LogP contribution in [0.1, 0.15) is 24.9 Å². The average Bonchev–Trinajstić information content (AvgIpc) is 3.00. The molecule has 1 aliphatic rings. The Kier molecular flexibility index (Phi) is 6.19. The van der Waals surface area contributed by atoms with Crippen molar-refractivity contribution in [1.82, 2.24) is 5.32 Å². The van der Waals surface area contributed by atoms with Crippen LogP contribution in [-0.4, -0.2) is 38.4 Å². The van der Waals surface area contributed by atoms with Gasteiger partial charge in [-0.1, -0.05) is 48.0 Å². The van der Waals surface area contributed by atoms with E-state index < -0.39 is 9.84 Å². The lowest BCUT2D eigenvalue weighted by molar-refractivity contribution is -0.118. The van der Waals surface area contributed by atoms with Crippen molar-refractivity contribution in [2.75, 3.05) is 23.0 Å². The molecule has 1 fully saturated rings. The molecule has 27 heavy (non-hydrogen) atoms. The van der Waals surface area contributed by atoms with E-state index >= 15 is 0 Å². The molecule has 5 nitrogen and oxygen atoms in total. The highest BCUT2D eigenvalue weighted by Gasteiger charge is 2.35. The first-order valence-electron chi connectivity index (χ1n) is 8.93. The second-order valence-corrected chi connectivity index (χ2v) is 9.42. The zero-order valence-electron chi connectivity index (χ0n) is 15.1. The Morgan fingerprint density at radius 2 is 1.85 bits per heavy atom. The van der Waals surface area contributed by atoms with E-state index in [0.29, 0.717) is 11.4 Å². The average molecular weight is 407 g/mol. The molecule has 0 saturated carbocycles. The highest BCUT2D eigenvalue weighted by Crippen LogP contribution is 2.25. The van der Waals surface area contributed by atoms with Gasteiger partial charge < -0.3 is 10.2 Å². The number of para-hydroxylation sites is 1. The standard InChI is InChI=1S/C20H23ClN2O3S/c1-15(18-9-5-6-10-19(18)21)22-13-20(24)23(16-7-3-2-4-8-16)17-11-12-27(25,26)14-17/h2-10,15,17,22H,11-14H2,1H3/t15-,17+/m1/s1. The molecule has 1 amide bonds. The summed E-state index contributed by atoms with van der Waals surface area (Å²) in [5.74, 6) is -0.0203. The Hall–Kier alpha value is -1.89. The van der Waals surface area contributed by atoms with Gasteiger partial charge in [-0.2, -0.15) is 0 Å². The van der Waals surface area contributed by atoms with Gasteiger partial charge in [0.1, 0.15) is 0 Å². The zero-order valence-corrected chi connectivity index (χ0v) is 16.7. The number of sulfone groups is 1. The number of nitrogens with zero attached hydrogens (tertiary/aromatic N) is 1. The van der Waals surface area contributed by atoms with Crippen LogP contribution in [0.5, 0.6) is 0 Å². The summed E-state index contributed by atoms with van der Waals surface area (Å²) < 4.78 is 23.8. The van der Waals surface area contributed by atoms with E-state index in [1.54, 1.807) is 4.90 Å². The molecule has 0 spiro atoms. The number of halogens is 1. The van der Waals surface area contributed by atoms with Gasteiger partial charge in [-0.3, -0.25) is 4.79 Å². The minimum Gasteiger partial charge on any atom is -0.307 e. The van der Waals surface area contributed by atoms with Gasteiger partial charge in [0.05, 0.1) is 24.1 Å². The third-order valence-corrected chi connectivity index (χ3v) is 6.90. The summed E-state index contributed by atoms with van der Waals surface area (Å²) in [6.45, 7) is 2.04. The van der Waals surface area contributed by atoms with E-state index in [-0.39, 0.29) is 36.0 Å². The molecule has 1 saturated heterocycles. The maximum absolute atomic E-state index is 13.0. The van der Waals surface area contributed by atoms with Crippen LogP contribution in [0.2, 0.25) is 5.02 Å². The normalized spacial score (nSPS) is 19.6. The molecule has 3 rings (SSSR count). The summed E-state index contributed by atoms with van der Waals surface area (Å²) in [5, 5.41) is 3.85. The fourth-order valence-corrected chi connectivity index (χ4v) is 5.39. The molecule has 0 aromatic heterocycles. The number of carbonyl (C=O) groups excluding carboxylic acids is 1. The molecule has 2 aromatic carbocycles. The Bertz CT molecular complexity index is 902. The fraction of sp³-hybridized carbons (Fsp3) is 0.350. The van der Waals surface area contributed by atoms with Gasteiger partial charge in [-0.15, -0.1) is 0 Å². The zero-order chi connectivity index (χ0) is 19.4. The number of hydrogen-bond donors (Lipinski definition) is 1. The molecule has 0 aliphatic carbocycles. The highest BCUT2D eigenvalue weighted by atomic mass is 35.5. The predicted molar refractivity (Wildman–Crippen MR) is 109 cm³/mol. The molecular weight excluding hydrogens is 384 g/mol. The van der Waals surface area contributed by atoms with Crippen LogP contribution in [-0.2, 0) is 14.6 Å². The molecule has 1 N–H and O–H groups in total. The number of anilines is 1. The summed E-state index contributed by atoms with van der Waals surface area (Å²) in [6.07, 6.45) is 0.461. The van der Waals surface area contributed by atoms with Crippen LogP contribution < -0.4 is 10.2 Å². The lowest BCUT2D eigenvalue weighted by Gasteiger charge is -2.29. The van der Waals surface area contributed by atoms with Crippen molar-refractivity contribution in [1.29, 1.82) is 0 Å². The van der Waals surface area contributed by atoms with Crippen LogP contribution in [0.4, 0.5) is 5.69 Å². The number of nitrogens with one attached hydrogen (secondary N) is 1. The van der Waals surface area contributed by atoms with Crippen molar-refractivity contribution in [3.63, 3.8) is 0 Å². The molecule has 1 heterocycles. The Labute approximate surface area is 165 Å². The predicted octanol–water partition coefficient (Wildman–Crippen LogP) is 3.21. The molecule has 2 aromatic rings. The van der Waals surface area contributed by atoms with Gasteiger partial charge in [0.25, 0.3) is 0 Å². The van der Waals surface area contributed by atoms with Crippen LogP contribution in [0.15, 0.2) is 54.6 Å². The van der Waals surface area contributed by atoms with Gasteiger partial charge in [0.15, 0.2) is 9.84 Å². The monoisotopic (exact) mass is 406 g/mol. The van der Waals surface area contributed by atoms with E-state index in [2.05, 4.69) is 5.32 Å². The van der Waals surface area contributed by atoms with Crippen LogP contribution in [0.25, 0.3) is 0 Å². The van der Waals surface area contributed by atoms with Crippen LogP contribution in [0.3, 0.4) is 0 Å². The van der Waals surface area contributed by atoms with Gasteiger partial charge in [-0.05, 0) is 37.1 Å². The smallest absolute Gasteiger partial charge is 0.241 e. The maximum atomic E-state index is 13.0. The summed E-state index contributed by atoms with van der Waals surface area (Å²) in [7, 11) is -3.09. The number of rotatable bonds is 6. The SMILES string of the molecule is C[C@@H](NCC(=O)N(c1ccccc1)[C@H]1CCS(=O)(=O)C1)c1ccccc1Cl. The largest absolute Gasteiger partial charge is 0.307 e. The van der Waals surface area contributed by atoms with E-state index in [0.717, 1.165) is 11.3 Å². The number of amides is 1. The molecule has 7 heteroatoms. The van der Waals surface area contributed by atoms with Crippen LogP contribution >= 0.6 is 11.6 Å². The summed E-state index contributed by atoms with van der Waals surface area (Å²) in [5.41, 5.74) is 1.64. The van der Waals surface area contributed by atoms with Gasteiger partial charge >= 0.3 is 0 Å². The topological polar surface area (TPSA) is 66.5 Å². The van der Waals surface area contributed by atoms with Crippen molar-refractivity contribution < 1.29 is 13.2 Å². The number of carbonyl (C=O) groups is 1. The fourth-order valence-electron chi connectivity index (χ4n) is 3.39. The molecule has 0 unspecified atom stereocenters. The van der Waals surface area contributed by atoms with Gasteiger partial charge in [0.2, 0.25) is 5.91 Å². The van der Waals surface area contributed by atoms with E-state index in [1.807, 2.05) is 61.5 Å². The third-order valence-electron chi connectivity index (χ3n) is 4.81. The Morgan fingerprint density at radius 3 is 2.48 bits per heavy atom. The quantitative estimate of drug-likeness (QED) is 0.799. The van der Waals surface area contributed by atoms with Crippen molar-refractivity contribution in [3.8, 4) is 0 Å². The van der Waals surface area contributed by atoms with E-state index in [9.17, 15) is 13.2 Å². The molecule has 1 aliphatic heterocycles. The molecule has 2 atom stereocenters. The molecule has 0 radical (unpaired) electrons. The lowest BCUT2D eigenvalue weighted by Crippen LogP contribution is -2.46. The third kappa shape index (κ3) is 4.89. The minimum atomic E-state index is -3.09. The molecule has 0 bridgehead atoms. The first kappa shape index (κ1) is 19.9. The van der Waals surface area contributed by atoms with Crippen molar-refractivity contribution in [2.24, 2.45) is 0 Å². The highest BCUT2D eigenvalue weighted by molar-refractivity contribution is 7.91. The molecular formula is C20H23ClN2O3S. The summed E-state index contributed by atoms with van der Waals surface area (Å²) in [4.78, 5) is 14.6. The second kappa shape index (κ2) is 8.42.